The van der Waals surface area contributed by atoms with Crippen LogP contribution in [0.1, 0.15) is 35.2 Å². The van der Waals surface area contributed by atoms with E-state index in [0.717, 1.165) is 30.5 Å². The van der Waals surface area contributed by atoms with Gasteiger partial charge in [0.05, 0.1) is 10.6 Å². The number of sulfonamides is 1. The summed E-state index contributed by atoms with van der Waals surface area (Å²) in [7, 11) is -3.57. The molecule has 1 saturated heterocycles. The molecule has 0 aliphatic carbocycles. The maximum atomic E-state index is 12.8. The molecular weight excluding hydrogens is 350 g/mol. The second kappa shape index (κ2) is 7.88. The largest absolute Gasteiger partial charge is 0.298 e. The van der Waals surface area contributed by atoms with Crippen LogP contribution in [0.4, 0.5) is 5.69 Å². The number of carbonyl (C=O) groups excluding carboxylic acids is 1. The molecule has 6 nitrogen and oxygen atoms in total. The lowest BCUT2D eigenvalue weighted by atomic mass is 10.1. The monoisotopic (exact) mass is 373 g/mol. The summed E-state index contributed by atoms with van der Waals surface area (Å²) in [6.07, 6.45) is 2.80. The Hall–Kier alpha value is -2.38. The minimum atomic E-state index is -3.57. The topological polar surface area (TPSA) is 78.5 Å². The molecule has 0 atom stereocenters. The lowest BCUT2D eigenvalue weighted by molar-refractivity contribution is 0.0962. The van der Waals surface area contributed by atoms with Crippen LogP contribution in [0.3, 0.4) is 0 Å². The third kappa shape index (κ3) is 4.05. The van der Waals surface area contributed by atoms with Gasteiger partial charge in [-0.15, -0.1) is 0 Å². The second-order valence-corrected chi connectivity index (χ2v) is 8.32. The van der Waals surface area contributed by atoms with Gasteiger partial charge in [0.1, 0.15) is 0 Å². The third-order valence-corrected chi connectivity index (χ3v) is 6.40. The molecule has 0 radical (unpaired) electrons. The SMILES string of the molecule is Cc1ccc(S(=O)(=O)N2CCCCC2)cc1C(=O)NNc1ccccc1. The van der Waals surface area contributed by atoms with Crippen molar-refractivity contribution in [3.8, 4) is 0 Å². The molecule has 0 aromatic heterocycles. The van der Waals surface area contributed by atoms with Crippen molar-refractivity contribution in [2.45, 2.75) is 31.1 Å². The van der Waals surface area contributed by atoms with Gasteiger partial charge in [0.2, 0.25) is 10.0 Å². The molecule has 1 heterocycles. The van der Waals surface area contributed by atoms with Crippen LogP contribution in [0.15, 0.2) is 53.4 Å². The Morgan fingerprint density at radius 1 is 1.00 bits per heavy atom. The number of hydrogen-bond acceptors (Lipinski definition) is 4. The highest BCUT2D eigenvalue weighted by molar-refractivity contribution is 7.89. The summed E-state index contributed by atoms with van der Waals surface area (Å²) in [6.45, 7) is 2.86. The molecule has 7 heteroatoms. The van der Waals surface area contributed by atoms with Crippen LogP contribution in [-0.2, 0) is 10.0 Å². The van der Waals surface area contributed by atoms with E-state index in [1.807, 2.05) is 30.3 Å². The first kappa shape index (κ1) is 18.4. The number of hydrazine groups is 1. The van der Waals surface area contributed by atoms with Gasteiger partial charge in [-0.2, -0.15) is 4.31 Å². The smallest absolute Gasteiger partial charge is 0.269 e. The number of nitrogens with zero attached hydrogens (tertiary/aromatic N) is 1. The summed E-state index contributed by atoms with van der Waals surface area (Å²) in [4.78, 5) is 12.7. The lowest BCUT2D eigenvalue weighted by Gasteiger charge is -2.26. The Bertz CT molecular complexity index is 876. The molecule has 1 amide bonds. The van der Waals surface area contributed by atoms with Crippen molar-refractivity contribution in [2.75, 3.05) is 18.5 Å². The van der Waals surface area contributed by atoms with E-state index >= 15 is 0 Å². The molecule has 2 aromatic carbocycles. The first-order valence-electron chi connectivity index (χ1n) is 8.71. The summed E-state index contributed by atoms with van der Waals surface area (Å²) in [5.41, 5.74) is 7.25. The van der Waals surface area contributed by atoms with Gasteiger partial charge in [0.25, 0.3) is 5.91 Å². The zero-order chi connectivity index (χ0) is 18.6. The number of nitrogens with one attached hydrogen (secondary N) is 2. The Morgan fingerprint density at radius 3 is 2.38 bits per heavy atom. The summed E-state index contributed by atoms with van der Waals surface area (Å²) in [5.74, 6) is -0.373. The second-order valence-electron chi connectivity index (χ2n) is 6.39. The number of amides is 1. The Kier molecular flexibility index (Phi) is 5.58. The summed E-state index contributed by atoms with van der Waals surface area (Å²) in [5, 5.41) is 0. The number of para-hydroxylation sites is 1. The third-order valence-electron chi connectivity index (χ3n) is 4.50. The molecular formula is C19H23N3O3S. The van der Waals surface area contributed by atoms with Crippen LogP contribution in [-0.4, -0.2) is 31.7 Å². The molecule has 3 rings (SSSR count). The first-order valence-corrected chi connectivity index (χ1v) is 10.1. The number of benzene rings is 2. The zero-order valence-electron chi connectivity index (χ0n) is 14.7. The predicted molar refractivity (Wildman–Crippen MR) is 101 cm³/mol. The number of rotatable bonds is 5. The molecule has 0 unspecified atom stereocenters. The molecule has 0 bridgehead atoms. The van der Waals surface area contributed by atoms with Gasteiger partial charge < -0.3 is 0 Å². The van der Waals surface area contributed by atoms with Crippen LogP contribution < -0.4 is 10.9 Å². The maximum absolute atomic E-state index is 12.8. The average molecular weight is 373 g/mol. The fourth-order valence-corrected chi connectivity index (χ4v) is 4.52. The van der Waals surface area contributed by atoms with Crippen LogP contribution in [0, 0.1) is 6.92 Å². The van der Waals surface area contributed by atoms with E-state index < -0.39 is 10.0 Å². The quantitative estimate of drug-likeness (QED) is 0.790. The van der Waals surface area contributed by atoms with Gasteiger partial charge in [-0.25, -0.2) is 8.42 Å². The molecule has 2 N–H and O–H groups in total. The van der Waals surface area contributed by atoms with Gasteiger partial charge >= 0.3 is 0 Å². The van der Waals surface area contributed by atoms with E-state index in [1.165, 1.54) is 10.4 Å². The molecule has 26 heavy (non-hydrogen) atoms. The van der Waals surface area contributed by atoms with Crippen molar-refractivity contribution in [2.24, 2.45) is 0 Å². The molecule has 1 aliphatic rings. The number of carbonyl (C=O) groups is 1. The van der Waals surface area contributed by atoms with E-state index in [1.54, 1.807) is 19.1 Å². The molecule has 1 fully saturated rings. The van der Waals surface area contributed by atoms with Crippen molar-refractivity contribution in [1.82, 2.24) is 9.73 Å². The fraction of sp³-hybridized carbons (Fsp3) is 0.316. The predicted octanol–water partition coefficient (Wildman–Crippen LogP) is 2.93. The highest BCUT2D eigenvalue weighted by Gasteiger charge is 2.27. The number of anilines is 1. The van der Waals surface area contributed by atoms with Gasteiger partial charge in [-0.05, 0) is 49.6 Å². The minimum Gasteiger partial charge on any atom is -0.298 e. The van der Waals surface area contributed by atoms with Crippen LogP contribution in [0.2, 0.25) is 0 Å². The Balaban J connectivity index is 1.79. The van der Waals surface area contributed by atoms with Crippen LogP contribution >= 0.6 is 0 Å². The van der Waals surface area contributed by atoms with E-state index in [9.17, 15) is 13.2 Å². The van der Waals surface area contributed by atoms with Crippen molar-refractivity contribution < 1.29 is 13.2 Å². The van der Waals surface area contributed by atoms with Crippen molar-refractivity contribution in [1.29, 1.82) is 0 Å². The number of hydrogen-bond donors (Lipinski definition) is 2. The van der Waals surface area contributed by atoms with Crippen LogP contribution in [0.5, 0.6) is 0 Å². The number of piperidine rings is 1. The van der Waals surface area contributed by atoms with Gasteiger partial charge in [0.15, 0.2) is 0 Å². The minimum absolute atomic E-state index is 0.162. The van der Waals surface area contributed by atoms with E-state index in [0.29, 0.717) is 18.7 Å². The van der Waals surface area contributed by atoms with Crippen molar-refractivity contribution in [3.05, 3.63) is 59.7 Å². The Labute approximate surface area is 154 Å². The van der Waals surface area contributed by atoms with E-state index in [2.05, 4.69) is 10.9 Å². The molecule has 138 valence electrons. The highest BCUT2D eigenvalue weighted by Crippen LogP contribution is 2.23. The van der Waals surface area contributed by atoms with Gasteiger partial charge in [0, 0.05) is 18.7 Å². The van der Waals surface area contributed by atoms with E-state index in [-0.39, 0.29) is 10.8 Å². The highest BCUT2D eigenvalue weighted by atomic mass is 32.2. The summed E-state index contributed by atoms with van der Waals surface area (Å²) in [6, 6.07) is 13.9. The maximum Gasteiger partial charge on any atom is 0.269 e. The fourth-order valence-electron chi connectivity index (χ4n) is 2.98. The molecule has 0 spiro atoms. The average Bonchev–Trinajstić information content (AvgIpc) is 2.68. The molecule has 0 saturated carbocycles. The molecule has 2 aromatic rings. The molecule has 1 aliphatic heterocycles. The normalized spacial score (nSPS) is 15.4. The van der Waals surface area contributed by atoms with Crippen LogP contribution in [0.25, 0.3) is 0 Å². The zero-order valence-corrected chi connectivity index (χ0v) is 15.6. The van der Waals surface area contributed by atoms with Gasteiger partial charge in [-0.1, -0.05) is 30.7 Å². The van der Waals surface area contributed by atoms with Crippen molar-refractivity contribution in [3.63, 3.8) is 0 Å². The lowest BCUT2D eigenvalue weighted by Crippen LogP contribution is -2.36. The number of aryl methyl sites for hydroxylation is 1. The van der Waals surface area contributed by atoms with Crippen molar-refractivity contribution >= 4 is 21.6 Å². The Morgan fingerprint density at radius 2 is 1.69 bits per heavy atom. The first-order chi connectivity index (χ1) is 12.5. The van der Waals surface area contributed by atoms with E-state index in [4.69, 9.17) is 0 Å². The summed E-state index contributed by atoms with van der Waals surface area (Å²) >= 11 is 0. The summed E-state index contributed by atoms with van der Waals surface area (Å²) < 4.78 is 27.2. The standard InChI is InChI=1S/C19H23N3O3S/c1-15-10-11-17(26(24,25)22-12-6-3-7-13-22)14-18(15)19(23)21-20-16-8-4-2-5-9-16/h2,4-5,8-11,14,20H,3,6-7,12-13H2,1H3,(H,21,23). The van der Waals surface area contributed by atoms with Gasteiger partial charge in [-0.3, -0.25) is 15.6 Å².